The highest BCUT2D eigenvalue weighted by atomic mass is 16.5. The average molecular weight is 235 g/mol. The van der Waals surface area contributed by atoms with Gasteiger partial charge in [0.2, 0.25) is 0 Å². The van der Waals surface area contributed by atoms with Crippen LogP contribution < -0.4 is 5.73 Å². The molecule has 0 aliphatic carbocycles. The van der Waals surface area contributed by atoms with Crippen LogP contribution in [0.2, 0.25) is 0 Å². The molecule has 1 saturated heterocycles. The molecule has 2 N–H and O–H groups in total. The Morgan fingerprint density at radius 1 is 1.35 bits per heavy atom. The van der Waals surface area contributed by atoms with Crippen molar-refractivity contribution < 1.29 is 4.74 Å². The van der Waals surface area contributed by atoms with E-state index in [0.717, 1.165) is 44.0 Å². The lowest BCUT2D eigenvalue weighted by Gasteiger charge is -2.21. The zero-order valence-electron chi connectivity index (χ0n) is 10.6. The van der Waals surface area contributed by atoms with Gasteiger partial charge in [-0.1, -0.05) is 13.8 Å². The third-order valence-corrected chi connectivity index (χ3v) is 3.02. The molecule has 0 saturated carbocycles. The van der Waals surface area contributed by atoms with Crippen LogP contribution in [0.15, 0.2) is 6.07 Å². The van der Waals surface area contributed by atoms with Crippen molar-refractivity contribution in [2.45, 2.75) is 39.0 Å². The summed E-state index contributed by atoms with van der Waals surface area (Å²) in [6.45, 7) is 5.99. The highest BCUT2D eigenvalue weighted by molar-refractivity contribution is 5.30. The quantitative estimate of drug-likeness (QED) is 0.872. The molecule has 1 aromatic rings. The molecule has 0 atom stereocenters. The lowest BCUT2D eigenvalue weighted by molar-refractivity contribution is 0.0835. The van der Waals surface area contributed by atoms with E-state index in [-0.39, 0.29) is 0 Å². The molecule has 94 valence electrons. The van der Waals surface area contributed by atoms with E-state index in [4.69, 9.17) is 10.5 Å². The Labute approximate surface area is 103 Å². The summed E-state index contributed by atoms with van der Waals surface area (Å²) in [5.74, 6) is 2.51. The molecule has 2 heterocycles. The summed E-state index contributed by atoms with van der Waals surface area (Å²) in [6.07, 6.45) is 2.97. The van der Waals surface area contributed by atoms with Gasteiger partial charge < -0.3 is 10.5 Å². The van der Waals surface area contributed by atoms with Crippen LogP contribution in [0.25, 0.3) is 0 Å². The van der Waals surface area contributed by atoms with Gasteiger partial charge >= 0.3 is 0 Å². The number of rotatable bonds is 3. The maximum absolute atomic E-state index is 5.86. The van der Waals surface area contributed by atoms with Crippen LogP contribution in [-0.4, -0.2) is 23.2 Å². The zero-order valence-corrected chi connectivity index (χ0v) is 10.6. The predicted octanol–water partition coefficient (Wildman–Crippen LogP) is 2.15. The van der Waals surface area contributed by atoms with Crippen molar-refractivity contribution in [1.82, 2.24) is 9.97 Å². The van der Waals surface area contributed by atoms with Gasteiger partial charge in [-0.05, 0) is 25.2 Å². The predicted molar refractivity (Wildman–Crippen MR) is 67.8 cm³/mol. The molecule has 17 heavy (non-hydrogen) atoms. The molecule has 2 rings (SSSR count). The molecule has 0 bridgehead atoms. The first-order chi connectivity index (χ1) is 8.15. The van der Waals surface area contributed by atoms with Crippen LogP contribution in [0.1, 0.15) is 44.1 Å². The van der Waals surface area contributed by atoms with Crippen molar-refractivity contribution in [1.29, 1.82) is 0 Å². The summed E-state index contributed by atoms with van der Waals surface area (Å²) in [6, 6.07) is 1.89. The zero-order chi connectivity index (χ0) is 12.3. The van der Waals surface area contributed by atoms with Gasteiger partial charge in [0.05, 0.1) is 0 Å². The molecule has 0 radical (unpaired) electrons. The van der Waals surface area contributed by atoms with Gasteiger partial charge in [-0.25, -0.2) is 9.97 Å². The molecular weight excluding hydrogens is 214 g/mol. The van der Waals surface area contributed by atoms with E-state index in [0.29, 0.717) is 17.7 Å². The molecule has 0 amide bonds. The van der Waals surface area contributed by atoms with Gasteiger partial charge in [-0.3, -0.25) is 0 Å². The Bertz CT molecular complexity index is 373. The second-order valence-corrected chi connectivity index (χ2v) is 5.13. The van der Waals surface area contributed by atoms with E-state index in [9.17, 15) is 0 Å². The molecular formula is C13H21N3O. The van der Waals surface area contributed by atoms with Gasteiger partial charge in [0.25, 0.3) is 0 Å². The number of nitrogens with zero attached hydrogens (tertiary/aromatic N) is 2. The van der Waals surface area contributed by atoms with E-state index in [1.165, 1.54) is 0 Å². The Kier molecular flexibility index (Phi) is 3.94. The summed E-state index contributed by atoms with van der Waals surface area (Å²) in [4.78, 5) is 9.03. The molecule has 1 aliphatic heterocycles. The van der Waals surface area contributed by atoms with Gasteiger partial charge in [-0.15, -0.1) is 0 Å². The van der Waals surface area contributed by atoms with Crippen molar-refractivity contribution in [3.63, 3.8) is 0 Å². The topological polar surface area (TPSA) is 61.0 Å². The number of anilines is 1. The first-order valence-corrected chi connectivity index (χ1v) is 6.36. The smallest absolute Gasteiger partial charge is 0.134 e. The molecule has 0 aromatic carbocycles. The van der Waals surface area contributed by atoms with Crippen molar-refractivity contribution in [2.24, 2.45) is 5.92 Å². The van der Waals surface area contributed by atoms with E-state index >= 15 is 0 Å². The van der Waals surface area contributed by atoms with Gasteiger partial charge in [0.1, 0.15) is 11.6 Å². The van der Waals surface area contributed by atoms with Crippen molar-refractivity contribution in [3.05, 3.63) is 17.6 Å². The van der Waals surface area contributed by atoms with Crippen molar-refractivity contribution in [2.75, 3.05) is 18.9 Å². The minimum Gasteiger partial charge on any atom is -0.384 e. The van der Waals surface area contributed by atoms with Crippen LogP contribution in [0, 0.1) is 5.92 Å². The molecule has 4 nitrogen and oxygen atoms in total. The molecule has 0 spiro atoms. The van der Waals surface area contributed by atoms with Crippen molar-refractivity contribution in [3.8, 4) is 0 Å². The van der Waals surface area contributed by atoms with Gasteiger partial charge in [0, 0.05) is 30.9 Å². The summed E-state index contributed by atoms with van der Waals surface area (Å²) in [5, 5.41) is 0. The number of hydrogen-bond acceptors (Lipinski definition) is 4. The van der Waals surface area contributed by atoms with Crippen LogP contribution in [0.3, 0.4) is 0 Å². The second-order valence-electron chi connectivity index (χ2n) is 5.13. The molecule has 1 aromatic heterocycles. The Morgan fingerprint density at radius 3 is 2.71 bits per heavy atom. The highest BCUT2D eigenvalue weighted by Crippen LogP contribution is 2.25. The first kappa shape index (κ1) is 12.3. The lowest BCUT2D eigenvalue weighted by Crippen LogP contribution is -2.17. The standard InChI is InChI=1S/C13H21N3O/c1-9(2)7-11-8-12(14)16-13(15-11)10-3-5-17-6-4-10/h8-10H,3-7H2,1-2H3,(H2,14,15,16). The third-order valence-electron chi connectivity index (χ3n) is 3.02. The van der Waals surface area contributed by atoms with E-state index < -0.39 is 0 Å². The van der Waals surface area contributed by atoms with Crippen molar-refractivity contribution >= 4 is 5.82 Å². The largest absolute Gasteiger partial charge is 0.384 e. The number of ether oxygens (including phenoxy) is 1. The highest BCUT2D eigenvalue weighted by Gasteiger charge is 2.19. The summed E-state index contributed by atoms with van der Waals surface area (Å²) in [5.41, 5.74) is 6.92. The van der Waals surface area contributed by atoms with Gasteiger partial charge in [0.15, 0.2) is 0 Å². The molecule has 1 fully saturated rings. The van der Waals surface area contributed by atoms with Crippen LogP contribution in [0.4, 0.5) is 5.82 Å². The molecule has 0 unspecified atom stereocenters. The fourth-order valence-electron chi connectivity index (χ4n) is 2.20. The normalized spacial score (nSPS) is 17.6. The maximum atomic E-state index is 5.86. The molecule has 1 aliphatic rings. The fraction of sp³-hybridized carbons (Fsp3) is 0.692. The second kappa shape index (κ2) is 5.45. The monoisotopic (exact) mass is 235 g/mol. The minimum atomic E-state index is 0.415. The molecule has 4 heteroatoms. The first-order valence-electron chi connectivity index (χ1n) is 6.36. The maximum Gasteiger partial charge on any atom is 0.134 e. The number of hydrogen-bond donors (Lipinski definition) is 1. The van der Waals surface area contributed by atoms with Crippen LogP contribution in [0.5, 0.6) is 0 Å². The van der Waals surface area contributed by atoms with E-state index in [1.807, 2.05) is 6.07 Å². The minimum absolute atomic E-state index is 0.415. The average Bonchev–Trinajstić information content (AvgIpc) is 2.28. The van der Waals surface area contributed by atoms with E-state index in [2.05, 4.69) is 23.8 Å². The SMILES string of the molecule is CC(C)Cc1cc(N)nc(C2CCOCC2)n1. The number of nitrogen functional groups attached to an aromatic ring is 1. The van der Waals surface area contributed by atoms with Crippen LogP contribution in [-0.2, 0) is 11.2 Å². The fourth-order valence-corrected chi connectivity index (χ4v) is 2.20. The summed E-state index contributed by atoms with van der Waals surface area (Å²) < 4.78 is 5.36. The Hall–Kier alpha value is -1.16. The summed E-state index contributed by atoms with van der Waals surface area (Å²) >= 11 is 0. The van der Waals surface area contributed by atoms with Gasteiger partial charge in [-0.2, -0.15) is 0 Å². The number of aromatic nitrogens is 2. The van der Waals surface area contributed by atoms with Crippen LogP contribution >= 0.6 is 0 Å². The third kappa shape index (κ3) is 3.40. The number of nitrogens with two attached hydrogens (primary N) is 1. The van der Waals surface area contributed by atoms with E-state index in [1.54, 1.807) is 0 Å². The lowest BCUT2D eigenvalue weighted by atomic mass is 9.99. The summed E-state index contributed by atoms with van der Waals surface area (Å²) in [7, 11) is 0. The Balaban J connectivity index is 2.18. The Morgan fingerprint density at radius 2 is 2.06 bits per heavy atom.